The molecule has 0 bridgehead atoms. The Kier molecular flexibility index (Phi) is 7.08. The van der Waals surface area contributed by atoms with Crippen LogP contribution >= 0.6 is 0 Å². The SMILES string of the molecule is CC1CCN(C(CNC(=O)Cn2cc(C(F)(F)F)ccc2=O)C(C)C)CC1. The fourth-order valence-corrected chi connectivity index (χ4v) is 3.40. The molecule has 2 rings (SSSR count). The highest BCUT2D eigenvalue weighted by atomic mass is 19.4. The lowest BCUT2D eigenvalue weighted by molar-refractivity contribution is -0.138. The molecule has 8 heteroatoms. The Hall–Kier alpha value is -1.83. The summed E-state index contributed by atoms with van der Waals surface area (Å²) >= 11 is 0. The monoisotopic (exact) mass is 387 g/mol. The quantitative estimate of drug-likeness (QED) is 0.817. The molecule has 1 aliphatic heterocycles. The van der Waals surface area contributed by atoms with Gasteiger partial charge >= 0.3 is 6.18 Å². The van der Waals surface area contributed by atoms with Crippen molar-refractivity contribution < 1.29 is 18.0 Å². The standard InChI is InChI=1S/C19H28F3N3O2/c1-13(2)16(24-8-6-14(3)7-9-24)10-23-17(26)12-25-11-15(19(20,21)22)4-5-18(25)27/h4-5,11,13-14,16H,6-10,12H2,1-3H3,(H,23,26). The number of aromatic nitrogens is 1. The minimum atomic E-state index is -4.56. The average molecular weight is 387 g/mol. The Bertz CT molecular complexity index is 692. The summed E-state index contributed by atoms with van der Waals surface area (Å²) in [5.41, 5.74) is -1.58. The van der Waals surface area contributed by atoms with E-state index in [1.807, 2.05) is 0 Å². The predicted molar refractivity (Wildman–Crippen MR) is 97.3 cm³/mol. The number of likely N-dealkylation sites (tertiary alicyclic amines) is 1. The van der Waals surface area contributed by atoms with Gasteiger partial charge in [-0.15, -0.1) is 0 Å². The van der Waals surface area contributed by atoms with E-state index in [-0.39, 0.29) is 6.04 Å². The lowest BCUT2D eigenvalue weighted by atomic mass is 9.94. The van der Waals surface area contributed by atoms with Crippen LogP contribution in [0.2, 0.25) is 0 Å². The molecular formula is C19H28F3N3O2. The Morgan fingerprint density at radius 2 is 1.89 bits per heavy atom. The van der Waals surface area contributed by atoms with E-state index in [4.69, 9.17) is 0 Å². The van der Waals surface area contributed by atoms with Gasteiger partial charge in [0.15, 0.2) is 0 Å². The van der Waals surface area contributed by atoms with Gasteiger partial charge in [0.25, 0.3) is 5.56 Å². The second kappa shape index (κ2) is 8.91. The summed E-state index contributed by atoms with van der Waals surface area (Å²) in [4.78, 5) is 26.3. The average Bonchev–Trinajstić information content (AvgIpc) is 2.57. The van der Waals surface area contributed by atoms with Crippen molar-refractivity contribution >= 4 is 5.91 Å². The number of halogens is 3. The van der Waals surface area contributed by atoms with E-state index >= 15 is 0 Å². The second-order valence-corrected chi connectivity index (χ2v) is 7.72. The van der Waals surface area contributed by atoms with Crippen molar-refractivity contribution in [3.05, 3.63) is 34.2 Å². The van der Waals surface area contributed by atoms with Crippen LogP contribution in [0.25, 0.3) is 0 Å². The van der Waals surface area contributed by atoms with E-state index in [2.05, 4.69) is 31.0 Å². The number of amides is 1. The zero-order chi connectivity index (χ0) is 20.2. The van der Waals surface area contributed by atoms with Crippen LogP contribution in [0.3, 0.4) is 0 Å². The van der Waals surface area contributed by atoms with Crippen LogP contribution in [0, 0.1) is 11.8 Å². The summed E-state index contributed by atoms with van der Waals surface area (Å²) in [6.07, 6.45) is -1.62. The van der Waals surface area contributed by atoms with Crippen molar-refractivity contribution in [2.75, 3.05) is 19.6 Å². The largest absolute Gasteiger partial charge is 0.417 e. The fraction of sp³-hybridized carbons (Fsp3) is 0.684. The molecule has 2 heterocycles. The van der Waals surface area contributed by atoms with Crippen LogP contribution in [0.15, 0.2) is 23.1 Å². The summed E-state index contributed by atoms with van der Waals surface area (Å²) in [7, 11) is 0. The highest BCUT2D eigenvalue weighted by Gasteiger charge is 2.31. The second-order valence-electron chi connectivity index (χ2n) is 7.72. The van der Waals surface area contributed by atoms with E-state index in [1.165, 1.54) is 0 Å². The molecular weight excluding hydrogens is 359 g/mol. The van der Waals surface area contributed by atoms with Crippen molar-refractivity contribution in [3.8, 4) is 0 Å². The van der Waals surface area contributed by atoms with Crippen molar-refractivity contribution in [1.82, 2.24) is 14.8 Å². The number of rotatable bonds is 6. The highest BCUT2D eigenvalue weighted by molar-refractivity contribution is 5.75. The predicted octanol–water partition coefficient (Wildman–Crippen LogP) is 2.74. The molecule has 27 heavy (non-hydrogen) atoms. The molecule has 1 aromatic heterocycles. The van der Waals surface area contributed by atoms with Crippen molar-refractivity contribution in [1.29, 1.82) is 0 Å². The third-order valence-electron chi connectivity index (χ3n) is 5.19. The zero-order valence-corrected chi connectivity index (χ0v) is 16.1. The number of alkyl halides is 3. The zero-order valence-electron chi connectivity index (χ0n) is 16.1. The molecule has 0 saturated carbocycles. The topological polar surface area (TPSA) is 54.3 Å². The molecule has 1 unspecified atom stereocenters. The van der Waals surface area contributed by atoms with Gasteiger partial charge in [0, 0.05) is 24.8 Å². The first-order chi connectivity index (χ1) is 12.6. The molecule has 1 atom stereocenters. The van der Waals surface area contributed by atoms with Crippen LogP contribution in [-0.4, -0.2) is 41.1 Å². The Labute approximate surface area is 157 Å². The molecule has 0 radical (unpaired) electrons. The van der Waals surface area contributed by atoms with Crippen LogP contribution in [0.5, 0.6) is 0 Å². The molecule has 1 saturated heterocycles. The van der Waals surface area contributed by atoms with Gasteiger partial charge in [-0.25, -0.2) is 0 Å². The number of pyridine rings is 1. The van der Waals surface area contributed by atoms with Gasteiger partial charge < -0.3 is 9.88 Å². The normalized spacial score (nSPS) is 17.9. The number of carbonyl (C=O) groups is 1. The number of hydrogen-bond donors (Lipinski definition) is 1. The molecule has 0 aromatic carbocycles. The Morgan fingerprint density at radius 3 is 2.44 bits per heavy atom. The van der Waals surface area contributed by atoms with Gasteiger partial charge in [-0.2, -0.15) is 13.2 Å². The molecule has 1 aliphatic rings. The van der Waals surface area contributed by atoms with Crippen LogP contribution in [-0.2, 0) is 17.5 Å². The molecule has 0 spiro atoms. The maximum atomic E-state index is 12.8. The summed E-state index contributed by atoms with van der Waals surface area (Å²) in [5.74, 6) is 0.568. The van der Waals surface area contributed by atoms with Crippen molar-refractivity contribution in [2.24, 2.45) is 11.8 Å². The third kappa shape index (κ3) is 6.09. The first kappa shape index (κ1) is 21.5. The van der Waals surface area contributed by atoms with Crippen LogP contribution in [0.4, 0.5) is 13.2 Å². The molecule has 1 aromatic rings. The summed E-state index contributed by atoms with van der Waals surface area (Å²) in [6, 6.07) is 1.73. The number of nitrogens with zero attached hydrogens (tertiary/aromatic N) is 2. The minimum absolute atomic E-state index is 0.166. The third-order valence-corrected chi connectivity index (χ3v) is 5.19. The maximum absolute atomic E-state index is 12.8. The number of hydrogen-bond acceptors (Lipinski definition) is 3. The van der Waals surface area contributed by atoms with E-state index in [1.54, 1.807) is 0 Å². The highest BCUT2D eigenvalue weighted by Crippen LogP contribution is 2.28. The first-order valence-electron chi connectivity index (χ1n) is 9.36. The van der Waals surface area contributed by atoms with Gasteiger partial charge in [-0.3, -0.25) is 14.5 Å². The minimum Gasteiger partial charge on any atom is -0.353 e. The number of carbonyl (C=O) groups excluding carboxylic acids is 1. The van der Waals surface area contributed by atoms with E-state index < -0.39 is 29.8 Å². The smallest absolute Gasteiger partial charge is 0.353 e. The number of nitrogens with one attached hydrogen (secondary N) is 1. The molecule has 0 aliphatic carbocycles. The summed E-state index contributed by atoms with van der Waals surface area (Å²) in [6.45, 7) is 8.36. The Balaban J connectivity index is 1.97. The Morgan fingerprint density at radius 1 is 1.26 bits per heavy atom. The molecule has 1 fully saturated rings. The van der Waals surface area contributed by atoms with Gasteiger partial charge in [-0.05, 0) is 43.8 Å². The first-order valence-corrected chi connectivity index (χ1v) is 9.36. The lowest BCUT2D eigenvalue weighted by Gasteiger charge is -2.38. The van der Waals surface area contributed by atoms with Gasteiger partial charge in [0.05, 0.1) is 5.56 Å². The van der Waals surface area contributed by atoms with Gasteiger partial charge in [0.1, 0.15) is 6.54 Å². The van der Waals surface area contributed by atoms with Gasteiger partial charge in [0.2, 0.25) is 5.91 Å². The van der Waals surface area contributed by atoms with E-state index in [0.29, 0.717) is 24.6 Å². The molecule has 5 nitrogen and oxygen atoms in total. The van der Waals surface area contributed by atoms with Crippen molar-refractivity contribution in [3.63, 3.8) is 0 Å². The van der Waals surface area contributed by atoms with Crippen LogP contribution in [0.1, 0.15) is 39.2 Å². The van der Waals surface area contributed by atoms with E-state index in [9.17, 15) is 22.8 Å². The van der Waals surface area contributed by atoms with Crippen molar-refractivity contribution in [2.45, 2.75) is 52.4 Å². The molecule has 1 amide bonds. The maximum Gasteiger partial charge on any atom is 0.417 e. The lowest BCUT2D eigenvalue weighted by Crippen LogP contribution is -2.50. The summed E-state index contributed by atoms with van der Waals surface area (Å²) in [5, 5.41) is 2.78. The van der Waals surface area contributed by atoms with Crippen LogP contribution < -0.4 is 10.9 Å². The fourth-order valence-electron chi connectivity index (χ4n) is 3.40. The van der Waals surface area contributed by atoms with Gasteiger partial charge in [-0.1, -0.05) is 20.8 Å². The molecule has 1 N–H and O–H groups in total. The molecule has 152 valence electrons. The summed E-state index contributed by atoms with van der Waals surface area (Å²) < 4.78 is 39.2. The van der Waals surface area contributed by atoms with E-state index in [0.717, 1.165) is 42.6 Å². The number of piperidine rings is 1.